The van der Waals surface area contributed by atoms with Gasteiger partial charge in [0.05, 0.1) is 6.26 Å². The van der Waals surface area contributed by atoms with Crippen molar-refractivity contribution in [3.63, 3.8) is 0 Å². The average molecular weight is 265 g/mol. The van der Waals surface area contributed by atoms with Crippen LogP contribution in [-0.2, 0) is 14.8 Å². The molecule has 0 amide bonds. The standard InChI is InChI=1S/C6H7N3O5S2/c1-16(13,14)9-6-7-3(2-15-6)4(8-12)5(10)11/h2,12H,1H3,(H,7,9)(H,10,11)/b8-4+. The number of aromatic nitrogens is 1. The van der Waals surface area contributed by atoms with E-state index in [0.29, 0.717) is 0 Å². The fraction of sp³-hybridized carbons (Fsp3) is 0.167. The van der Waals surface area contributed by atoms with E-state index in [0.717, 1.165) is 17.6 Å². The summed E-state index contributed by atoms with van der Waals surface area (Å²) < 4.78 is 23.8. The molecule has 0 bridgehead atoms. The first kappa shape index (κ1) is 12.4. The number of anilines is 1. The summed E-state index contributed by atoms with van der Waals surface area (Å²) in [5, 5.41) is 20.8. The lowest BCUT2D eigenvalue weighted by Gasteiger charge is -1.96. The quantitative estimate of drug-likeness (QED) is 0.392. The summed E-state index contributed by atoms with van der Waals surface area (Å²) in [6.07, 6.45) is 0.937. The van der Waals surface area contributed by atoms with Crippen molar-refractivity contribution in [3.05, 3.63) is 11.1 Å². The van der Waals surface area contributed by atoms with Crippen LogP contribution in [0.1, 0.15) is 5.69 Å². The molecule has 0 saturated heterocycles. The normalized spacial score (nSPS) is 12.4. The maximum Gasteiger partial charge on any atom is 0.360 e. The van der Waals surface area contributed by atoms with Gasteiger partial charge in [-0.2, -0.15) is 0 Å². The Balaban J connectivity index is 3.00. The third-order valence-corrected chi connectivity index (χ3v) is 2.77. The Labute approximate surface area is 94.3 Å². The molecule has 0 aliphatic rings. The molecule has 1 rings (SSSR count). The molecule has 8 nitrogen and oxygen atoms in total. The van der Waals surface area contributed by atoms with Crippen molar-refractivity contribution in [2.24, 2.45) is 5.16 Å². The number of nitrogens with zero attached hydrogens (tertiary/aromatic N) is 2. The summed E-state index contributed by atoms with van der Waals surface area (Å²) in [5.41, 5.74) is -0.774. The Kier molecular flexibility index (Phi) is 3.44. The lowest BCUT2D eigenvalue weighted by molar-refractivity contribution is -0.129. The maximum atomic E-state index is 10.8. The van der Waals surface area contributed by atoms with Gasteiger partial charge < -0.3 is 10.3 Å². The van der Waals surface area contributed by atoms with Crippen LogP contribution in [0.3, 0.4) is 0 Å². The molecule has 0 unspecified atom stereocenters. The van der Waals surface area contributed by atoms with Crippen LogP contribution in [0.4, 0.5) is 5.13 Å². The van der Waals surface area contributed by atoms with Crippen molar-refractivity contribution in [1.82, 2.24) is 4.98 Å². The second-order valence-corrected chi connectivity index (χ2v) is 5.27. The van der Waals surface area contributed by atoms with Gasteiger partial charge in [-0.25, -0.2) is 18.2 Å². The van der Waals surface area contributed by atoms with Crippen LogP contribution < -0.4 is 4.72 Å². The van der Waals surface area contributed by atoms with Crippen LogP contribution in [0, 0.1) is 0 Å². The fourth-order valence-electron chi connectivity index (χ4n) is 0.792. The number of hydrogen-bond donors (Lipinski definition) is 3. The molecule has 10 heteroatoms. The van der Waals surface area contributed by atoms with Crippen molar-refractivity contribution >= 4 is 38.2 Å². The number of carbonyl (C=O) groups is 1. The molecule has 0 fully saturated rings. The first-order valence-corrected chi connectivity index (χ1v) is 6.49. The lowest BCUT2D eigenvalue weighted by Crippen LogP contribution is -2.15. The number of carboxylic acid groups (broad SMARTS) is 1. The molecule has 1 aromatic heterocycles. The minimum Gasteiger partial charge on any atom is -0.476 e. The van der Waals surface area contributed by atoms with E-state index in [2.05, 4.69) is 14.9 Å². The van der Waals surface area contributed by atoms with Gasteiger partial charge in [-0.05, 0) is 0 Å². The number of hydrogen-bond acceptors (Lipinski definition) is 7. The molecule has 0 saturated carbocycles. The molecule has 1 aromatic rings. The van der Waals surface area contributed by atoms with Crippen LogP contribution in [0.15, 0.2) is 10.5 Å². The zero-order valence-corrected chi connectivity index (χ0v) is 9.54. The SMILES string of the molecule is CS(=O)(=O)Nc1nc(/C(=N\O)C(=O)O)cs1. The second kappa shape index (κ2) is 4.45. The molecular weight excluding hydrogens is 258 g/mol. The Morgan fingerprint density at radius 2 is 2.25 bits per heavy atom. The fourth-order valence-corrected chi connectivity index (χ4v) is 2.34. The maximum absolute atomic E-state index is 10.8. The van der Waals surface area contributed by atoms with Crippen LogP contribution in [0.25, 0.3) is 0 Å². The number of thiazole rings is 1. The third-order valence-electron chi connectivity index (χ3n) is 1.32. The summed E-state index contributed by atoms with van der Waals surface area (Å²) in [7, 11) is -3.47. The van der Waals surface area contributed by atoms with E-state index >= 15 is 0 Å². The van der Waals surface area contributed by atoms with Crippen molar-refractivity contribution in [3.8, 4) is 0 Å². The van der Waals surface area contributed by atoms with E-state index in [9.17, 15) is 13.2 Å². The number of rotatable bonds is 4. The molecule has 3 N–H and O–H groups in total. The van der Waals surface area contributed by atoms with Gasteiger partial charge in [-0.1, -0.05) is 5.16 Å². The van der Waals surface area contributed by atoms with Crippen molar-refractivity contribution in [1.29, 1.82) is 0 Å². The number of oxime groups is 1. The highest BCUT2D eigenvalue weighted by atomic mass is 32.2. The zero-order chi connectivity index (χ0) is 12.3. The van der Waals surface area contributed by atoms with Gasteiger partial charge in [0.2, 0.25) is 15.7 Å². The summed E-state index contributed by atoms with van der Waals surface area (Å²) in [4.78, 5) is 14.2. The van der Waals surface area contributed by atoms with Crippen LogP contribution in [0.2, 0.25) is 0 Å². The molecule has 16 heavy (non-hydrogen) atoms. The molecule has 0 aromatic carbocycles. The third kappa shape index (κ3) is 3.17. The first-order valence-electron chi connectivity index (χ1n) is 3.72. The monoisotopic (exact) mass is 265 g/mol. The first-order chi connectivity index (χ1) is 7.33. The van der Waals surface area contributed by atoms with Crippen LogP contribution in [-0.4, -0.2) is 41.7 Å². The number of aliphatic carboxylic acids is 1. The Morgan fingerprint density at radius 1 is 1.62 bits per heavy atom. The van der Waals surface area contributed by atoms with Gasteiger partial charge in [-0.15, -0.1) is 11.3 Å². The summed E-state index contributed by atoms with van der Waals surface area (Å²) in [6.45, 7) is 0. The highest BCUT2D eigenvalue weighted by molar-refractivity contribution is 7.92. The molecule has 0 spiro atoms. The Hall–Kier alpha value is -1.68. The molecule has 88 valence electrons. The predicted octanol–water partition coefficient (Wildman–Crippen LogP) is -0.223. The zero-order valence-electron chi connectivity index (χ0n) is 7.91. The second-order valence-electron chi connectivity index (χ2n) is 2.67. The molecule has 0 atom stereocenters. The minimum atomic E-state index is -3.47. The van der Waals surface area contributed by atoms with E-state index in [1.807, 2.05) is 0 Å². The van der Waals surface area contributed by atoms with Crippen LogP contribution in [0.5, 0.6) is 0 Å². The highest BCUT2D eigenvalue weighted by Gasteiger charge is 2.17. The van der Waals surface area contributed by atoms with Gasteiger partial charge in [0.25, 0.3) is 0 Å². The average Bonchev–Trinajstić information content (AvgIpc) is 2.50. The van der Waals surface area contributed by atoms with Crippen molar-refractivity contribution < 1.29 is 23.5 Å². The number of sulfonamides is 1. The minimum absolute atomic E-state index is 0.0000926. The van der Waals surface area contributed by atoms with Crippen molar-refractivity contribution in [2.45, 2.75) is 0 Å². The smallest absolute Gasteiger partial charge is 0.360 e. The van der Waals surface area contributed by atoms with Gasteiger partial charge in [0, 0.05) is 5.38 Å². The predicted molar refractivity (Wildman–Crippen MR) is 56.5 cm³/mol. The topological polar surface area (TPSA) is 129 Å². The summed E-state index contributed by atoms with van der Waals surface area (Å²) in [5.74, 6) is -1.46. The molecule has 0 aliphatic heterocycles. The van der Waals surface area contributed by atoms with E-state index in [1.54, 1.807) is 0 Å². The van der Waals surface area contributed by atoms with Gasteiger partial charge in [-0.3, -0.25) is 4.72 Å². The van der Waals surface area contributed by atoms with Crippen LogP contribution >= 0.6 is 11.3 Å². The molecule has 0 radical (unpaired) electrons. The van der Waals surface area contributed by atoms with Crippen molar-refractivity contribution in [2.75, 3.05) is 11.0 Å². The molecule has 1 heterocycles. The van der Waals surface area contributed by atoms with E-state index in [1.165, 1.54) is 5.38 Å². The van der Waals surface area contributed by atoms with Gasteiger partial charge >= 0.3 is 5.97 Å². The van der Waals surface area contributed by atoms with E-state index < -0.39 is 21.7 Å². The number of carboxylic acids is 1. The molecule has 0 aliphatic carbocycles. The Morgan fingerprint density at radius 3 is 2.69 bits per heavy atom. The van der Waals surface area contributed by atoms with E-state index in [-0.39, 0.29) is 10.8 Å². The largest absolute Gasteiger partial charge is 0.476 e. The van der Waals surface area contributed by atoms with E-state index in [4.69, 9.17) is 10.3 Å². The number of nitrogens with one attached hydrogen (secondary N) is 1. The highest BCUT2D eigenvalue weighted by Crippen LogP contribution is 2.17. The van der Waals surface area contributed by atoms with Gasteiger partial charge in [0.15, 0.2) is 5.13 Å². The van der Waals surface area contributed by atoms with Gasteiger partial charge in [0.1, 0.15) is 5.69 Å². The summed E-state index contributed by atoms with van der Waals surface area (Å²) in [6, 6.07) is 0. The summed E-state index contributed by atoms with van der Waals surface area (Å²) >= 11 is 0.881. The Bertz CT molecular complexity index is 532. The lowest BCUT2D eigenvalue weighted by atomic mass is 10.3. The molecular formula is C6H7N3O5S2.